The molecule has 0 bridgehead atoms. The van der Waals surface area contributed by atoms with Crippen LogP contribution in [0.3, 0.4) is 0 Å². The Morgan fingerprint density at radius 3 is 2.93 bits per heavy atom. The number of halogens is 1. The highest BCUT2D eigenvalue weighted by molar-refractivity contribution is 6.29. The Morgan fingerprint density at radius 1 is 1.79 bits per heavy atom. The maximum Gasteiger partial charge on any atom is 0.0537 e. The summed E-state index contributed by atoms with van der Waals surface area (Å²) in [5.41, 5.74) is 1.19. The van der Waals surface area contributed by atoms with Gasteiger partial charge in [-0.05, 0) is 6.42 Å². The normalized spacial score (nSPS) is 12.8. The molecule has 0 spiro atoms. The van der Waals surface area contributed by atoms with Crippen LogP contribution in [0.2, 0.25) is 0 Å². The molecule has 0 amide bonds. The minimum absolute atomic E-state index is 0.305. The lowest BCUT2D eigenvalue weighted by atomic mass is 10.1. The third kappa shape index (κ3) is 3.16. The van der Waals surface area contributed by atoms with Crippen molar-refractivity contribution in [1.29, 1.82) is 0 Å². The molecule has 4 heteroatoms. The van der Waals surface area contributed by atoms with Crippen LogP contribution in [-0.2, 0) is 7.05 Å². The summed E-state index contributed by atoms with van der Waals surface area (Å²) in [6, 6.07) is 0.305. The summed E-state index contributed by atoms with van der Waals surface area (Å²) in [6.45, 7) is 6.40. The van der Waals surface area contributed by atoms with Gasteiger partial charge in [0.2, 0.25) is 0 Å². The van der Waals surface area contributed by atoms with E-state index in [4.69, 9.17) is 11.6 Å². The first-order valence-corrected chi connectivity index (χ1v) is 5.06. The van der Waals surface area contributed by atoms with Gasteiger partial charge in [0, 0.05) is 36.4 Å². The Balaban J connectivity index is 2.58. The molecule has 0 saturated heterocycles. The average molecular weight is 214 g/mol. The third-order valence-electron chi connectivity index (χ3n) is 2.08. The van der Waals surface area contributed by atoms with Crippen molar-refractivity contribution in [2.24, 2.45) is 7.05 Å². The predicted molar refractivity (Wildman–Crippen MR) is 59.2 cm³/mol. The van der Waals surface area contributed by atoms with Gasteiger partial charge < -0.3 is 5.32 Å². The number of nitrogens with zero attached hydrogens (tertiary/aromatic N) is 2. The predicted octanol–water partition coefficient (Wildman–Crippen LogP) is 2.21. The molecule has 78 valence electrons. The Labute approximate surface area is 89.8 Å². The molecular weight excluding hydrogens is 198 g/mol. The molecular formula is C10H16ClN3. The van der Waals surface area contributed by atoms with Crippen molar-refractivity contribution < 1.29 is 0 Å². The van der Waals surface area contributed by atoms with E-state index in [2.05, 4.69) is 23.9 Å². The van der Waals surface area contributed by atoms with E-state index in [-0.39, 0.29) is 0 Å². The van der Waals surface area contributed by atoms with Crippen molar-refractivity contribution in [1.82, 2.24) is 15.1 Å². The lowest BCUT2D eigenvalue weighted by molar-refractivity contribution is 0.549. The van der Waals surface area contributed by atoms with Crippen molar-refractivity contribution in [3.63, 3.8) is 0 Å². The highest BCUT2D eigenvalue weighted by Gasteiger charge is 2.09. The molecule has 14 heavy (non-hydrogen) atoms. The van der Waals surface area contributed by atoms with E-state index in [9.17, 15) is 0 Å². The Bertz CT molecular complexity index is 306. The molecule has 0 fully saturated rings. The summed E-state index contributed by atoms with van der Waals surface area (Å²) in [5.74, 6) is 0. The molecule has 0 saturated carbocycles. The number of aromatic nitrogens is 2. The zero-order chi connectivity index (χ0) is 10.6. The van der Waals surface area contributed by atoms with Gasteiger partial charge in [-0.2, -0.15) is 5.10 Å². The number of rotatable bonds is 5. The first-order valence-electron chi connectivity index (χ1n) is 4.68. The molecule has 1 aromatic heterocycles. The number of aryl methyl sites for hydroxylation is 1. The van der Waals surface area contributed by atoms with Crippen LogP contribution < -0.4 is 5.32 Å². The Kier molecular flexibility index (Phi) is 4.17. The van der Waals surface area contributed by atoms with Crippen LogP contribution in [0, 0.1) is 0 Å². The SMILES string of the molecule is C=C(Cl)CNC(CC)c1cnn(C)c1. The van der Waals surface area contributed by atoms with Gasteiger partial charge in [0.15, 0.2) is 0 Å². The largest absolute Gasteiger partial charge is 0.305 e. The van der Waals surface area contributed by atoms with E-state index in [0.29, 0.717) is 17.6 Å². The quantitative estimate of drug-likeness (QED) is 0.813. The smallest absolute Gasteiger partial charge is 0.0537 e. The molecule has 1 heterocycles. The Hall–Kier alpha value is -0.800. The van der Waals surface area contributed by atoms with Gasteiger partial charge in [0.1, 0.15) is 0 Å². The second kappa shape index (κ2) is 5.17. The van der Waals surface area contributed by atoms with Gasteiger partial charge in [-0.15, -0.1) is 0 Å². The number of hydrogen-bond acceptors (Lipinski definition) is 2. The van der Waals surface area contributed by atoms with Crippen LogP contribution in [-0.4, -0.2) is 16.3 Å². The number of nitrogens with one attached hydrogen (secondary N) is 1. The second-order valence-electron chi connectivity index (χ2n) is 3.31. The molecule has 1 rings (SSSR count). The standard InChI is InChI=1S/C10H16ClN3/c1-4-10(12-5-8(2)11)9-6-13-14(3)7-9/h6-7,10,12H,2,4-5H2,1,3H3. The summed E-state index contributed by atoms with van der Waals surface area (Å²) in [6.07, 6.45) is 4.90. The molecule has 1 unspecified atom stereocenters. The van der Waals surface area contributed by atoms with Gasteiger partial charge in [-0.25, -0.2) is 0 Å². The summed E-state index contributed by atoms with van der Waals surface area (Å²) in [7, 11) is 1.91. The zero-order valence-corrected chi connectivity index (χ0v) is 9.38. The topological polar surface area (TPSA) is 29.9 Å². The van der Waals surface area contributed by atoms with Gasteiger partial charge in [-0.3, -0.25) is 4.68 Å². The van der Waals surface area contributed by atoms with Crippen LogP contribution in [0.15, 0.2) is 24.0 Å². The Morgan fingerprint density at radius 2 is 2.50 bits per heavy atom. The van der Waals surface area contributed by atoms with Crippen LogP contribution >= 0.6 is 11.6 Å². The fourth-order valence-corrected chi connectivity index (χ4v) is 1.43. The highest BCUT2D eigenvalue weighted by Crippen LogP contribution is 2.15. The molecule has 0 radical (unpaired) electrons. The van der Waals surface area contributed by atoms with Gasteiger partial charge in [0.25, 0.3) is 0 Å². The van der Waals surface area contributed by atoms with Crippen LogP contribution in [0.4, 0.5) is 0 Å². The second-order valence-corrected chi connectivity index (χ2v) is 3.84. The molecule has 1 aromatic rings. The van der Waals surface area contributed by atoms with Crippen molar-refractivity contribution in [2.45, 2.75) is 19.4 Å². The van der Waals surface area contributed by atoms with E-state index >= 15 is 0 Å². The summed E-state index contributed by atoms with van der Waals surface area (Å²) in [5, 5.41) is 8.08. The molecule has 3 nitrogen and oxygen atoms in total. The van der Waals surface area contributed by atoms with E-state index in [1.807, 2.05) is 19.4 Å². The fraction of sp³-hybridized carbons (Fsp3) is 0.500. The maximum absolute atomic E-state index is 5.69. The molecule has 0 aromatic carbocycles. The fourth-order valence-electron chi connectivity index (χ4n) is 1.35. The first kappa shape index (κ1) is 11.3. The van der Waals surface area contributed by atoms with Crippen LogP contribution in [0.1, 0.15) is 24.9 Å². The maximum atomic E-state index is 5.69. The van der Waals surface area contributed by atoms with E-state index in [1.54, 1.807) is 4.68 Å². The van der Waals surface area contributed by atoms with Crippen LogP contribution in [0.5, 0.6) is 0 Å². The van der Waals surface area contributed by atoms with Gasteiger partial charge >= 0.3 is 0 Å². The summed E-state index contributed by atoms with van der Waals surface area (Å²) < 4.78 is 1.80. The van der Waals surface area contributed by atoms with Crippen LogP contribution in [0.25, 0.3) is 0 Å². The van der Waals surface area contributed by atoms with E-state index in [1.165, 1.54) is 5.56 Å². The lowest BCUT2D eigenvalue weighted by Crippen LogP contribution is -2.21. The molecule has 0 aliphatic rings. The summed E-state index contributed by atoms with van der Waals surface area (Å²) in [4.78, 5) is 0. The van der Waals surface area contributed by atoms with E-state index < -0.39 is 0 Å². The third-order valence-corrected chi connectivity index (χ3v) is 2.21. The van der Waals surface area contributed by atoms with E-state index in [0.717, 1.165) is 6.42 Å². The lowest BCUT2D eigenvalue weighted by Gasteiger charge is -2.14. The van der Waals surface area contributed by atoms with Crippen molar-refractivity contribution in [2.75, 3.05) is 6.54 Å². The summed E-state index contributed by atoms with van der Waals surface area (Å²) >= 11 is 5.69. The molecule has 1 N–H and O–H groups in total. The minimum Gasteiger partial charge on any atom is -0.305 e. The first-order chi connectivity index (χ1) is 6.63. The van der Waals surface area contributed by atoms with Crippen molar-refractivity contribution in [3.05, 3.63) is 29.6 Å². The molecule has 1 atom stereocenters. The molecule has 0 aliphatic carbocycles. The minimum atomic E-state index is 0.305. The van der Waals surface area contributed by atoms with Gasteiger partial charge in [0.05, 0.1) is 6.20 Å². The van der Waals surface area contributed by atoms with Crippen molar-refractivity contribution in [3.8, 4) is 0 Å². The monoisotopic (exact) mass is 213 g/mol. The highest BCUT2D eigenvalue weighted by atomic mass is 35.5. The average Bonchev–Trinajstić information content (AvgIpc) is 2.53. The molecule has 0 aliphatic heterocycles. The number of hydrogen-bond donors (Lipinski definition) is 1. The van der Waals surface area contributed by atoms with Crippen molar-refractivity contribution >= 4 is 11.6 Å². The van der Waals surface area contributed by atoms with Gasteiger partial charge in [-0.1, -0.05) is 25.1 Å². The zero-order valence-electron chi connectivity index (χ0n) is 8.63.